The van der Waals surface area contributed by atoms with E-state index in [1.165, 1.54) is 12.8 Å². The monoisotopic (exact) mass is 219 g/mol. The lowest BCUT2D eigenvalue weighted by molar-refractivity contribution is 0.0939. The van der Waals surface area contributed by atoms with Crippen LogP contribution in [-0.2, 0) is 0 Å². The number of unbranched alkanes of at least 4 members (excludes halogenated alkanes) is 1. The molecule has 0 atom stereocenters. The Hall–Kier alpha value is -1.31. The van der Waals surface area contributed by atoms with E-state index in [1.54, 1.807) is 0 Å². The summed E-state index contributed by atoms with van der Waals surface area (Å²) in [4.78, 5) is 11.7. The SMILES string of the molecule is CCCCNc1ccc(C(=O)C(C)C)cc1. The van der Waals surface area contributed by atoms with Crippen molar-refractivity contribution in [1.82, 2.24) is 0 Å². The minimum absolute atomic E-state index is 0.0684. The van der Waals surface area contributed by atoms with Crippen LogP contribution in [0.15, 0.2) is 24.3 Å². The fourth-order valence-electron chi connectivity index (χ4n) is 1.50. The van der Waals surface area contributed by atoms with E-state index in [-0.39, 0.29) is 11.7 Å². The Morgan fingerprint density at radius 3 is 2.38 bits per heavy atom. The van der Waals surface area contributed by atoms with Crippen LogP contribution in [0.3, 0.4) is 0 Å². The molecule has 0 aromatic heterocycles. The summed E-state index contributed by atoms with van der Waals surface area (Å²) in [6, 6.07) is 7.75. The van der Waals surface area contributed by atoms with Crippen LogP contribution in [0.4, 0.5) is 5.69 Å². The Balaban J connectivity index is 2.57. The van der Waals surface area contributed by atoms with E-state index in [2.05, 4.69) is 12.2 Å². The fourth-order valence-corrected chi connectivity index (χ4v) is 1.50. The second-order valence-corrected chi connectivity index (χ2v) is 4.38. The van der Waals surface area contributed by atoms with Gasteiger partial charge in [-0.3, -0.25) is 4.79 Å². The maximum atomic E-state index is 11.7. The molecule has 0 bridgehead atoms. The van der Waals surface area contributed by atoms with Crippen molar-refractivity contribution in [2.75, 3.05) is 11.9 Å². The van der Waals surface area contributed by atoms with E-state index in [1.807, 2.05) is 38.1 Å². The van der Waals surface area contributed by atoms with Gasteiger partial charge < -0.3 is 5.32 Å². The Labute approximate surface area is 98.1 Å². The zero-order valence-corrected chi connectivity index (χ0v) is 10.4. The molecule has 0 aliphatic carbocycles. The molecule has 1 N–H and O–H groups in total. The number of carbonyl (C=O) groups is 1. The molecular formula is C14H21NO. The van der Waals surface area contributed by atoms with Gasteiger partial charge in [0.05, 0.1) is 0 Å². The second-order valence-electron chi connectivity index (χ2n) is 4.38. The van der Waals surface area contributed by atoms with Crippen LogP contribution in [0.5, 0.6) is 0 Å². The van der Waals surface area contributed by atoms with Crippen molar-refractivity contribution >= 4 is 11.5 Å². The molecule has 0 aliphatic rings. The van der Waals surface area contributed by atoms with Crippen LogP contribution in [0, 0.1) is 5.92 Å². The van der Waals surface area contributed by atoms with Crippen molar-refractivity contribution in [3.05, 3.63) is 29.8 Å². The van der Waals surface area contributed by atoms with Gasteiger partial charge in [0, 0.05) is 23.7 Å². The van der Waals surface area contributed by atoms with Crippen LogP contribution >= 0.6 is 0 Å². The van der Waals surface area contributed by atoms with Gasteiger partial charge in [-0.2, -0.15) is 0 Å². The molecule has 2 nitrogen and oxygen atoms in total. The highest BCUT2D eigenvalue weighted by Crippen LogP contribution is 2.13. The molecule has 2 heteroatoms. The molecule has 88 valence electrons. The van der Waals surface area contributed by atoms with E-state index < -0.39 is 0 Å². The molecule has 0 saturated carbocycles. The van der Waals surface area contributed by atoms with Gasteiger partial charge >= 0.3 is 0 Å². The smallest absolute Gasteiger partial charge is 0.165 e. The standard InChI is InChI=1S/C14H21NO/c1-4-5-10-15-13-8-6-12(7-9-13)14(16)11(2)3/h6-9,11,15H,4-5,10H2,1-3H3. The lowest BCUT2D eigenvalue weighted by Gasteiger charge is -2.07. The van der Waals surface area contributed by atoms with Gasteiger partial charge in [0.25, 0.3) is 0 Å². The third-order valence-electron chi connectivity index (χ3n) is 2.55. The number of rotatable bonds is 6. The highest BCUT2D eigenvalue weighted by molar-refractivity contribution is 5.97. The predicted octanol–water partition coefficient (Wildman–Crippen LogP) is 3.74. The number of hydrogen-bond donors (Lipinski definition) is 1. The summed E-state index contributed by atoms with van der Waals surface area (Å²) < 4.78 is 0. The molecule has 0 saturated heterocycles. The summed E-state index contributed by atoms with van der Waals surface area (Å²) in [5.74, 6) is 0.277. The third-order valence-corrected chi connectivity index (χ3v) is 2.55. The summed E-state index contributed by atoms with van der Waals surface area (Å²) in [5, 5.41) is 3.33. The summed E-state index contributed by atoms with van der Waals surface area (Å²) in [6.45, 7) is 7.02. The average molecular weight is 219 g/mol. The van der Waals surface area contributed by atoms with Crippen LogP contribution < -0.4 is 5.32 Å². The number of anilines is 1. The van der Waals surface area contributed by atoms with Crippen molar-refractivity contribution in [3.63, 3.8) is 0 Å². The summed E-state index contributed by atoms with van der Waals surface area (Å²) in [7, 11) is 0. The normalized spacial score (nSPS) is 10.5. The van der Waals surface area contributed by atoms with E-state index in [0.29, 0.717) is 0 Å². The first-order valence-corrected chi connectivity index (χ1v) is 6.03. The molecule has 16 heavy (non-hydrogen) atoms. The van der Waals surface area contributed by atoms with Gasteiger partial charge in [0.15, 0.2) is 5.78 Å². The molecule has 0 aliphatic heterocycles. The topological polar surface area (TPSA) is 29.1 Å². The van der Waals surface area contributed by atoms with Gasteiger partial charge in [-0.05, 0) is 30.7 Å². The Bertz CT molecular complexity index is 327. The zero-order chi connectivity index (χ0) is 12.0. The molecule has 0 unspecified atom stereocenters. The fraction of sp³-hybridized carbons (Fsp3) is 0.500. The Morgan fingerprint density at radius 1 is 1.25 bits per heavy atom. The first-order chi connectivity index (χ1) is 7.65. The molecule has 0 spiro atoms. The largest absolute Gasteiger partial charge is 0.385 e. The minimum Gasteiger partial charge on any atom is -0.385 e. The van der Waals surface area contributed by atoms with E-state index in [0.717, 1.165) is 17.8 Å². The van der Waals surface area contributed by atoms with Gasteiger partial charge in [-0.1, -0.05) is 27.2 Å². The highest BCUT2D eigenvalue weighted by Gasteiger charge is 2.09. The van der Waals surface area contributed by atoms with Crippen LogP contribution in [-0.4, -0.2) is 12.3 Å². The van der Waals surface area contributed by atoms with E-state index >= 15 is 0 Å². The molecule has 0 heterocycles. The van der Waals surface area contributed by atoms with E-state index in [4.69, 9.17) is 0 Å². The average Bonchev–Trinajstić information content (AvgIpc) is 2.29. The van der Waals surface area contributed by atoms with E-state index in [9.17, 15) is 4.79 Å². The molecule has 0 fully saturated rings. The first-order valence-electron chi connectivity index (χ1n) is 6.03. The second kappa shape index (κ2) is 6.31. The molecule has 0 amide bonds. The van der Waals surface area contributed by atoms with Crippen molar-refractivity contribution in [2.24, 2.45) is 5.92 Å². The summed E-state index contributed by atoms with van der Waals surface area (Å²) in [6.07, 6.45) is 2.36. The number of nitrogens with one attached hydrogen (secondary N) is 1. The number of ketones is 1. The van der Waals surface area contributed by atoms with Crippen molar-refractivity contribution in [3.8, 4) is 0 Å². The van der Waals surface area contributed by atoms with Gasteiger partial charge in [0.1, 0.15) is 0 Å². The van der Waals surface area contributed by atoms with Gasteiger partial charge in [-0.15, -0.1) is 0 Å². The lowest BCUT2D eigenvalue weighted by atomic mass is 10.0. The van der Waals surface area contributed by atoms with Crippen molar-refractivity contribution in [1.29, 1.82) is 0 Å². The summed E-state index contributed by atoms with van der Waals surface area (Å²) in [5.41, 5.74) is 1.89. The Morgan fingerprint density at radius 2 is 1.88 bits per heavy atom. The predicted molar refractivity (Wildman–Crippen MR) is 69.0 cm³/mol. The van der Waals surface area contributed by atoms with Gasteiger partial charge in [-0.25, -0.2) is 0 Å². The van der Waals surface area contributed by atoms with Gasteiger partial charge in [0.2, 0.25) is 0 Å². The maximum Gasteiger partial charge on any atom is 0.165 e. The van der Waals surface area contributed by atoms with Crippen LogP contribution in [0.2, 0.25) is 0 Å². The maximum absolute atomic E-state index is 11.7. The zero-order valence-electron chi connectivity index (χ0n) is 10.4. The first kappa shape index (κ1) is 12.8. The number of carbonyl (C=O) groups excluding carboxylic acids is 1. The third kappa shape index (κ3) is 3.69. The minimum atomic E-state index is 0.0684. The Kier molecular flexibility index (Phi) is 5.03. The number of Topliss-reactive ketones (excluding diaryl/α,β-unsaturated/α-hetero) is 1. The molecule has 1 rings (SSSR count). The van der Waals surface area contributed by atoms with Crippen LogP contribution in [0.1, 0.15) is 44.0 Å². The lowest BCUT2D eigenvalue weighted by Crippen LogP contribution is -2.07. The molecule has 1 aromatic carbocycles. The molecule has 1 aromatic rings. The molecular weight excluding hydrogens is 198 g/mol. The van der Waals surface area contributed by atoms with Crippen LogP contribution in [0.25, 0.3) is 0 Å². The van der Waals surface area contributed by atoms with Crippen molar-refractivity contribution in [2.45, 2.75) is 33.6 Å². The highest BCUT2D eigenvalue weighted by atomic mass is 16.1. The quantitative estimate of drug-likeness (QED) is 0.583. The van der Waals surface area contributed by atoms with Crippen molar-refractivity contribution < 1.29 is 4.79 Å². The molecule has 0 radical (unpaired) electrons. The number of benzene rings is 1. The summed E-state index contributed by atoms with van der Waals surface area (Å²) >= 11 is 0. The number of hydrogen-bond acceptors (Lipinski definition) is 2.